The van der Waals surface area contributed by atoms with Crippen LogP contribution >= 0.6 is 11.6 Å². The highest BCUT2D eigenvalue weighted by molar-refractivity contribution is 6.31. The van der Waals surface area contributed by atoms with Crippen molar-refractivity contribution in [1.29, 1.82) is 0 Å². The molecule has 0 unspecified atom stereocenters. The van der Waals surface area contributed by atoms with Crippen LogP contribution in [0.1, 0.15) is 11.1 Å². The van der Waals surface area contributed by atoms with Crippen LogP contribution in [0, 0.1) is 0 Å². The van der Waals surface area contributed by atoms with Crippen LogP contribution in [0.15, 0.2) is 23.0 Å². The zero-order chi connectivity index (χ0) is 12.0. The van der Waals surface area contributed by atoms with Gasteiger partial charge in [0.2, 0.25) is 0 Å². The van der Waals surface area contributed by atoms with Crippen molar-refractivity contribution < 1.29 is 0 Å². The standard InChI is InChI=1S/C13H13ClN2O/c1-16-12-6-8(14)2-3-10(12)9-4-5-15-7-11(9)13(16)17/h2-3,6,15H,4-5,7H2,1H3. The summed E-state index contributed by atoms with van der Waals surface area (Å²) in [7, 11) is 1.80. The molecule has 4 heteroatoms. The molecule has 0 fully saturated rings. The van der Waals surface area contributed by atoms with Crippen molar-refractivity contribution in [3.8, 4) is 0 Å². The largest absolute Gasteiger partial charge is 0.312 e. The van der Waals surface area contributed by atoms with Crippen molar-refractivity contribution in [2.45, 2.75) is 13.0 Å². The van der Waals surface area contributed by atoms with Crippen LogP contribution < -0.4 is 10.9 Å². The number of hydrogen-bond acceptors (Lipinski definition) is 2. The van der Waals surface area contributed by atoms with Crippen molar-refractivity contribution >= 4 is 22.5 Å². The summed E-state index contributed by atoms with van der Waals surface area (Å²) in [5, 5.41) is 5.06. The predicted octanol–water partition coefficient (Wildman–Crippen LogP) is 1.84. The molecule has 0 spiro atoms. The number of aryl methyl sites for hydroxylation is 1. The Balaban J connectivity index is 2.49. The zero-order valence-electron chi connectivity index (χ0n) is 9.59. The van der Waals surface area contributed by atoms with Crippen LogP contribution in [-0.4, -0.2) is 11.1 Å². The highest BCUT2D eigenvalue weighted by Gasteiger charge is 2.17. The van der Waals surface area contributed by atoms with Crippen LogP contribution in [-0.2, 0) is 20.0 Å². The maximum Gasteiger partial charge on any atom is 0.255 e. The van der Waals surface area contributed by atoms with Gasteiger partial charge < -0.3 is 9.88 Å². The molecule has 1 N–H and O–H groups in total. The summed E-state index contributed by atoms with van der Waals surface area (Å²) in [6.45, 7) is 1.60. The molecular formula is C13H13ClN2O. The lowest BCUT2D eigenvalue weighted by Gasteiger charge is -2.20. The average molecular weight is 249 g/mol. The Kier molecular flexibility index (Phi) is 2.45. The Morgan fingerprint density at radius 2 is 2.18 bits per heavy atom. The predicted molar refractivity (Wildman–Crippen MR) is 69.6 cm³/mol. The van der Waals surface area contributed by atoms with E-state index < -0.39 is 0 Å². The topological polar surface area (TPSA) is 34.0 Å². The minimum Gasteiger partial charge on any atom is -0.312 e. The normalized spacial score (nSPS) is 14.9. The van der Waals surface area contributed by atoms with Gasteiger partial charge in [-0.05, 0) is 30.7 Å². The van der Waals surface area contributed by atoms with Gasteiger partial charge in [0.05, 0.1) is 5.52 Å². The Bertz CT molecular complexity index is 660. The number of aromatic nitrogens is 1. The first-order valence-electron chi connectivity index (χ1n) is 5.69. The van der Waals surface area contributed by atoms with Crippen molar-refractivity contribution in [2.24, 2.45) is 7.05 Å². The monoisotopic (exact) mass is 248 g/mol. The van der Waals surface area contributed by atoms with Crippen molar-refractivity contribution in [2.75, 3.05) is 6.54 Å². The van der Waals surface area contributed by atoms with Crippen molar-refractivity contribution in [3.05, 3.63) is 44.7 Å². The number of nitrogens with zero attached hydrogens (tertiary/aromatic N) is 1. The van der Waals surface area contributed by atoms with E-state index in [0.29, 0.717) is 11.6 Å². The van der Waals surface area contributed by atoms with E-state index >= 15 is 0 Å². The van der Waals surface area contributed by atoms with Gasteiger partial charge in [0.1, 0.15) is 0 Å². The molecule has 2 aromatic rings. The van der Waals surface area contributed by atoms with Gasteiger partial charge in [-0.15, -0.1) is 0 Å². The van der Waals surface area contributed by atoms with Crippen molar-refractivity contribution in [1.82, 2.24) is 9.88 Å². The van der Waals surface area contributed by atoms with Gasteiger partial charge in [-0.2, -0.15) is 0 Å². The fraction of sp³-hybridized carbons (Fsp3) is 0.308. The molecule has 3 rings (SSSR count). The Labute approximate surface area is 104 Å². The van der Waals surface area contributed by atoms with E-state index in [1.54, 1.807) is 11.6 Å². The average Bonchev–Trinajstić information content (AvgIpc) is 2.36. The molecule has 1 aromatic carbocycles. The molecule has 0 saturated carbocycles. The van der Waals surface area contributed by atoms with Crippen LogP contribution in [0.3, 0.4) is 0 Å². The summed E-state index contributed by atoms with van der Waals surface area (Å²) in [4.78, 5) is 12.2. The molecule has 1 aromatic heterocycles. The second kappa shape index (κ2) is 3.86. The van der Waals surface area contributed by atoms with Gasteiger partial charge >= 0.3 is 0 Å². The third kappa shape index (κ3) is 1.58. The van der Waals surface area contributed by atoms with E-state index in [1.165, 1.54) is 5.56 Å². The maximum absolute atomic E-state index is 12.2. The van der Waals surface area contributed by atoms with Gasteiger partial charge in [-0.1, -0.05) is 17.7 Å². The van der Waals surface area contributed by atoms with E-state index in [4.69, 9.17) is 11.6 Å². The molecule has 0 amide bonds. The molecule has 88 valence electrons. The first kappa shape index (κ1) is 10.8. The number of rotatable bonds is 0. The molecule has 3 nitrogen and oxygen atoms in total. The van der Waals surface area contributed by atoms with E-state index in [2.05, 4.69) is 5.32 Å². The number of pyridine rings is 1. The quantitative estimate of drug-likeness (QED) is 0.772. The molecule has 0 bridgehead atoms. The Morgan fingerprint density at radius 1 is 1.35 bits per heavy atom. The lowest BCUT2D eigenvalue weighted by atomic mass is 9.97. The van der Waals surface area contributed by atoms with Gasteiger partial charge in [0.25, 0.3) is 5.56 Å². The lowest BCUT2D eigenvalue weighted by Crippen LogP contribution is -2.33. The van der Waals surface area contributed by atoms with E-state index in [-0.39, 0.29) is 5.56 Å². The van der Waals surface area contributed by atoms with Gasteiger partial charge in [-0.3, -0.25) is 4.79 Å². The summed E-state index contributed by atoms with van der Waals surface area (Å²) >= 11 is 6.00. The molecule has 0 atom stereocenters. The fourth-order valence-corrected chi connectivity index (χ4v) is 2.70. The molecule has 1 aliphatic heterocycles. The van der Waals surface area contributed by atoms with Gasteiger partial charge in [0, 0.05) is 29.6 Å². The molecule has 0 saturated heterocycles. The Morgan fingerprint density at radius 3 is 3.00 bits per heavy atom. The smallest absolute Gasteiger partial charge is 0.255 e. The number of nitrogens with one attached hydrogen (secondary N) is 1. The number of fused-ring (bicyclic) bond motifs is 3. The fourth-order valence-electron chi connectivity index (χ4n) is 2.54. The number of hydrogen-bond donors (Lipinski definition) is 1. The first-order chi connectivity index (χ1) is 8.18. The highest BCUT2D eigenvalue weighted by Crippen LogP contribution is 2.24. The maximum atomic E-state index is 12.2. The van der Waals surface area contributed by atoms with Gasteiger partial charge in [0.15, 0.2) is 0 Å². The first-order valence-corrected chi connectivity index (χ1v) is 6.07. The van der Waals surface area contributed by atoms with Crippen LogP contribution in [0.25, 0.3) is 10.9 Å². The minimum atomic E-state index is 0.0852. The molecule has 2 heterocycles. The summed E-state index contributed by atoms with van der Waals surface area (Å²) in [5.74, 6) is 0. The second-order valence-corrected chi connectivity index (χ2v) is 4.85. The van der Waals surface area contributed by atoms with Crippen LogP contribution in [0.4, 0.5) is 0 Å². The number of halogens is 1. The van der Waals surface area contributed by atoms with Crippen LogP contribution in [0.2, 0.25) is 5.02 Å². The molecule has 1 aliphatic rings. The lowest BCUT2D eigenvalue weighted by molar-refractivity contribution is 0.633. The van der Waals surface area contributed by atoms with Crippen LogP contribution in [0.5, 0.6) is 0 Å². The molecular weight excluding hydrogens is 236 g/mol. The summed E-state index contributed by atoms with van der Waals surface area (Å²) in [6, 6.07) is 5.76. The summed E-state index contributed by atoms with van der Waals surface area (Å²) < 4.78 is 1.69. The second-order valence-electron chi connectivity index (χ2n) is 4.41. The summed E-state index contributed by atoms with van der Waals surface area (Å²) in [6.07, 6.45) is 0.906. The van der Waals surface area contributed by atoms with E-state index in [9.17, 15) is 4.79 Å². The molecule has 0 radical (unpaired) electrons. The zero-order valence-corrected chi connectivity index (χ0v) is 10.3. The Hall–Kier alpha value is -1.32. The van der Waals surface area contributed by atoms with Crippen molar-refractivity contribution in [3.63, 3.8) is 0 Å². The SMILES string of the molecule is Cn1c(=O)c2c(c3ccc(Cl)cc31)CCNC2. The van der Waals surface area contributed by atoms with E-state index in [1.807, 2.05) is 18.2 Å². The molecule has 0 aliphatic carbocycles. The van der Waals surface area contributed by atoms with E-state index in [0.717, 1.165) is 29.4 Å². The third-order valence-corrected chi connectivity index (χ3v) is 3.66. The number of benzene rings is 1. The highest BCUT2D eigenvalue weighted by atomic mass is 35.5. The van der Waals surface area contributed by atoms with Gasteiger partial charge in [-0.25, -0.2) is 0 Å². The summed E-state index contributed by atoms with van der Waals surface area (Å²) in [5.41, 5.74) is 3.08. The molecule has 17 heavy (non-hydrogen) atoms. The minimum absolute atomic E-state index is 0.0852. The third-order valence-electron chi connectivity index (χ3n) is 3.43.